The van der Waals surface area contributed by atoms with Gasteiger partial charge in [-0.05, 0) is 54.7 Å². The number of hydrogen-bond acceptors (Lipinski definition) is 6. The number of nitrogens with zero attached hydrogens (tertiary/aromatic N) is 1. The van der Waals surface area contributed by atoms with E-state index in [0.29, 0.717) is 16.8 Å². The van der Waals surface area contributed by atoms with E-state index in [1.54, 1.807) is 6.07 Å². The maximum atomic E-state index is 13.5. The highest BCUT2D eigenvalue weighted by molar-refractivity contribution is 5.92. The third-order valence-electron chi connectivity index (χ3n) is 6.67. The molecule has 2 aliphatic heterocycles. The van der Waals surface area contributed by atoms with Gasteiger partial charge in [0, 0.05) is 19.6 Å². The standard InChI is InChI=1S/C23H23N3O5/c27-21(23(7-8-23)15-4-5-20-18(11-15)25-22(28)29-20)24-19-13-26-9-6-17(12-26)31-30-16-3-1-2-14(19)10-16/h1-5,10-11,17,19H,6-9,12-13H2,(H,24,27)(H,25,28)/t17-,19+/m0/s1. The van der Waals surface area contributed by atoms with Crippen LogP contribution in [0.4, 0.5) is 0 Å². The number of oxazole rings is 1. The van der Waals surface area contributed by atoms with Gasteiger partial charge in [-0.15, -0.1) is 0 Å². The third-order valence-corrected chi connectivity index (χ3v) is 6.67. The molecular weight excluding hydrogens is 398 g/mol. The molecule has 2 N–H and O–H groups in total. The SMILES string of the molecule is O=C(N[C@@H]1CN2CC[C@@H](C2)OOc2cccc1c2)C1(c2ccc3oc(=O)[nH]c3c2)CC1. The Balaban J connectivity index is 1.30. The summed E-state index contributed by atoms with van der Waals surface area (Å²) in [5.74, 6) is 0.170. The van der Waals surface area contributed by atoms with Crippen LogP contribution in [0.3, 0.4) is 0 Å². The van der Waals surface area contributed by atoms with Crippen LogP contribution in [-0.2, 0) is 15.1 Å². The zero-order valence-corrected chi connectivity index (χ0v) is 16.9. The zero-order valence-electron chi connectivity index (χ0n) is 16.9. The number of aromatic nitrogens is 1. The third kappa shape index (κ3) is 3.32. The van der Waals surface area contributed by atoms with Crippen LogP contribution in [0.1, 0.15) is 36.4 Å². The van der Waals surface area contributed by atoms with Crippen LogP contribution in [0, 0.1) is 0 Å². The molecule has 3 aliphatic rings. The van der Waals surface area contributed by atoms with E-state index in [9.17, 15) is 9.59 Å². The fourth-order valence-electron chi connectivity index (χ4n) is 4.76. The van der Waals surface area contributed by atoms with E-state index >= 15 is 0 Å². The highest BCUT2D eigenvalue weighted by Crippen LogP contribution is 2.49. The fourth-order valence-corrected chi connectivity index (χ4v) is 4.76. The van der Waals surface area contributed by atoms with Gasteiger partial charge in [-0.2, -0.15) is 4.89 Å². The molecule has 1 unspecified atom stereocenters. The van der Waals surface area contributed by atoms with E-state index in [0.717, 1.165) is 50.0 Å². The number of hydrogen-bond donors (Lipinski definition) is 2. The van der Waals surface area contributed by atoms with Crippen molar-refractivity contribution in [2.24, 2.45) is 0 Å². The summed E-state index contributed by atoms with van der Waals surface area (Å²) >= 11 is 0. The first-order chi connectivity index (χ1) is 15.1. The predicted octanol–water partition coefficient (Wildman–Crippen LogP) is 2.41. The highest BCUT2D eigenvalue weighted by Gasteiger charge is 2.52. The maximum absolute atomic E-state index is 13.5. The number of fused-ring (bicyclic) bond motifs is 5. The molecule has 1 aliphatic carbocycles. The summed E-state index contributed by atoms with van der Waals surface area (Å²) in [5.41, 5.74) is 2.45. The summed E-state index contributed by atoms with van der Waals surface area (Å²) in [4.78, 5) is 41.1. The Morgan fingerprint density at radius 3 is 2.94 bits per heavy atom. The average molecular weight is 421 g/mol. The van der Waals surface area contributed by atoms with E-state index in [-0.39, 0.29) is 18.1 Å². The van der Waals surface area contributed by atoms with Crippen LogP contribution in [0.5, 0.6) is 5.75 Å². The minimum absolute atomic E-state index is 0.0121. The first-order valence-electron chi connectivity index (χ1n) is 10.7. The van der Waals surface area contributed by atoms with Gasteiger partial charge in [0.05, 0.1) is 17.0 Å². The van der Waals surface area contributed by atoms with Crippen molar-refractivity contribution in [1.29, 1.82) is 0 Å². The van der Waals surface area contributed by atoms with Gasteiger partial charge in [0.1, 0.15) is 6.10 Å². The van der Waals surface area contributed by atoms with Crippen molar-refractivity contribution in [3.05, 3.63) is 64.1 Å². The van der Waals surface area contributed by atoms with E-state index in [2.05, 4.69) is 15.2 Å². The second-order valence-electron chi connectivity index (χ2n) is 8.76. The minimum atomic E-state index is -0.567. The van der Waals surface area contributed by atoms with Gasteiger partial charge >= 0.3 is 5.76 Å². The number of rotatable bonds is 3. The zero-order chi connectivity index (χ0) is 21.0. The largest absolute Gasteiger partial charge is 0.417 e. The van der Waals surface area contributed by atoms with Crippen molar-refractivity contribution in [3.63, 3.8) is 0 Å². The van der Waals surface area contributed by atoms with Crippen molar-refractivity contribution < 1.29 is 19.0 Å². The van der Waals surface area contributed by atoms with Crippen molar-refractivity contribution in [1.82, 2.24) is 15.2 Å². The molecule has 3 aromatic rings. The molecule has 1 amide bonds. The highest BCUT2D eigenvalue weighted by atomic mass is 17.2. The molecule has 6 rings (SSSR count). The van der Waals surface area contributed by atoms with E-state index in [1.807, 2.05) is 36.4 Å². The van der Waals surface area contributed by atoms with E-state index in [1.165, 1.54) is 0 Å². The summed E-state index contributed by atoms with van der Waals surface area (Å²) < 4.78 is 5.10. The van der Waals surface area contributed by atoms with E-state index < -0.39 is 11.2 Å². The van der Waals surface area contributed by atoms with Gasteiger partial charge in [0.2, 0.25) is 5.91 Å². The summed E-state index contributed by atoms with van der Waals surface area (Å²) in [6.45, 7) is 2.41. The second-order valence-corrected chi connectivity index (χ2v) is 8.76. The van der Waals surface area contributed by atoms with Crippen LogP contribution in [-0.4, -0.2) is 41.5 Å². The van der Waals surface area contributed by atoms with Crippen LogP contribution < -0.4 is 16.0 Å². The lowest BCUT2D eigenvalue weighted by Crippen LogP contribution is -2.42. The Labute approximate surface area is 178 Å². The summed E-state index contributed by atoms with van der Waals surface area (Å²) in [6, 6.07) is 13.1. The lowest BCUT2D eigenvalue weighted by atomic mass is 9.93. The quantitative estimate of drug-likeness (QED) is 0.631. The monoisotopic (exact) mass is 421 g/mol. The average Bonchev–Trinajstić information content (AvgIpc) is 3.32. The number of H-pyrrole nitrogens is 1. The molecule has 0 spiro atoms. The van der Waals surface area contributed by atoms with E-state index in [4.69, 9.17) is 14.2 Å². The van der Waals surface area contributed by atoms with Gasteiger partial charge in [-0.1, -0.05) is 18.2 Å². The Bertz CT molecular complexity index is 1210. The van der Waals surface area contributed by atoms with Gasteiger partial charge in [0.15, 0.2) is 11.3 Å². The Morgan fingerprint density at radius 2 is 2.06 bits per heavy atom. The lowest BCUT2D eigenvalue weighted by molar-refractivity contribution is -0.240. The van der Waals surface area contributed by atoms with Gasteiger partial charge in [-0.25, -0.2) is 4.79 Å². The number of carbonyl (C=O) groups is 1. The van der Waals surface area contributed by atoms with Crippen molar-refractivity contribution in [2.75, 3.05) is 19.6 Å². The fraction of sp³-hybridized carbons (Fsp3) is 0.391. The molecule has 3 atom stereocenters. The smallest absolute Gasteiger partial charge is 0.408 e. The molecule has 1 aromatic heterocycles. The molecule has 8 nitrogen and oxygen atoms in total. The summed E-state index contributed by atoms with van der Waals surface area (Å²) in [6.07, 6.45) is 2.50. The first kappa shape index (κ1) is 18.7. The predicted molar refractivity (Wildman–Crippen MR) is 112 cm³/mol. The number of carbonyl (C=O) groups excluding carboxylic acids is 1. The number of benzene rings is 2. The van der Waals surface area contributed by atoms with Crippen molar-refractivity contribution in [2.45, 2.75) is 36.8 Å². The molecular formula is C23H23N3O5. The molecule has 2 aromatic carbocycles. The van der Waals surface area contributed by atoms with Crippen LogP contribution >= 0.6 is 0 Å². The van der Waals surface area contributed by atoms with Gasteiger partial charge in [0.25, 0.3) is 0 Å². The van der Waals surface area contributed by atoms with Crippen LogP contribution in [0.25, 0.3) is 11.1 Å². The summed E-state index contributed by atoms with van der Waals surface area (Å²) in [7, 11) is 0. The topological polar surface area (TPSA) is 96.8 Å². The molecule has 160 valence electrons. The van der Waals surface area contributed by atoms with Gasteiger partial charge in [-0.3, -0.25) is 14.7 Å². The van der Waals surface area contributed by atoms with Crippen LogP contribution in [0.15, 0.2) is 51.7 Å². The molecule has 4 bridgehead atoms. The molecule has 2 fully saturated rings. The number of nitrogens with one attached hydrogen (secondary N) is 2. The maximum Gasteiger partial charge on any atom is 0.417 e. The number of amides is 1. The molecule has 3 heterocycles. The summed E-state index contributed by atoms with van der Waals surface area (Å²) in [5, 5.41) is 3.31. The second kappa shape index (κ2) is 6.96. The minimum Gasteiger partial charge on any atom is -0.408 e. The van der Waals surface area contributed by atoms with Crippen molar-refractivity contribution >= 4 is 17.0 Å². The Hall–Kier alpha value is -3.10. The normalized spacial score (nSPS) is 26.3. The van der Waals surface area contributed by atoms with Gasteiger partial charge < -0.3 is 14.6 Å². The molecule has 1 saturated heterocycles. The molecule has 1 saturated carbocycles. The molecule has 0 radical (unpaired) electrons. The Kier molecular flexibility index (Phi) is 4.19. The first-order valence-corrected chi connectivity index (χ1v) is 10.7. The Morgan fingerprint density at radius 1 is 1.16 bits per heavy atom. The number of aromatic amines is 1. The molecule has 8 heteroatoms. The van der Waals surface area contributed by atoms with Crippen LogP contribution in [0.2, 0.25) is 0 Å². The van der Waals surface area contributed by atoms with Crippen molar-refractivity contribution in [3.8, 4) is 5.75 Å². The lowest BCUT2D eigenvalue weighted by Gasteiger charge is -2.28. The molecule has 31 heavy (non-hydrogen) atoms.